The zero-order chi connectivity index (χ0) is 15.2. The molecule has 0 fully saturated rings. The number of hydrogen-bond acceptors (Lipinski definition) is 2. The van der Waals surface area contributed by atoms with Crippen LogP contribution in [0.4, 0.5) is 20.2 Å². The molecule has 0 bridgehead atoms. The number of anilines is 2. The summed E-state index contributed by atoms with van der Waals surface area (Å²) in [5, 5.41) is 11.5. The van der Waals surface area contributed by atoms with Crippen LogP contribution in [0.3, 0.4) is 0 Å². The van der Waals surface area contributed by atoms with Crippen molar-refractivity contribution >= 4 is 11.4 Å². The number of benzene rings is 2. The molecule has 1 N–H and O–H groups in total. The lowest BCUT2D eigenvalue weighted by Gasteiger charge is -2.09. The maximum atomic E-state index is 13.8. The number of unbranched alkanes of at least 4 members (excludes halogenated alkanes) is 1. The van der Waals surface area contributed by atoms with Crippen LogP contribution >= 0.6 is 0 Å². The molecule has 0 atom stereocenters. The largest absolute Gasteiger partial charge is 0.353 e. The van der Waals surface area contributed by atoms with Gasteiger partial charge >= 0.3 is 0 Å². The molecule has 0 heterocycles. The predicted octanol–water partition coefficient (Wildman–Crippen LogP) is 4.92. The fourth-order valence-electron chi connectivity index (χ4n) is 2.02. The average molecular weight is 286 g/mol. The molecule has 2 rings (SSSR count). The molecule has 2 aromatic carbocycles. The van der Waals surface area contributed by atoms with Gasteiger partial charge in [0.25, 0.3) is 0 Å². The summed E-state index contributed by atoms with van der Waals surface area (Å²) in [5.41, 5.74) is 1.62. The van der Waals surface area contributed by atoms with E-state index >= 15 is 0 Å². The minimum Gasteiger partial charge on any atom is -0.353 e. The van der Waals surface area contributed by atoms with Gasteiger partial charge in [0.15, 0.2) is 11.6 Å². The van der Waals surface area contributed by atoms with Crippen LogP contribution in [0.5, 0.6) is 0 Å². The molecule has 0 aliphatic heterocycles. The fourth-order valence-corrected chi connectivity index (χ4v) is 2.02. The van der Waals surface area contributed by atoms with Gasteiger partial charge in [-0.1, -0.05) is 25.5 Å². The number of nitrogens with zero attached hydrogens (tertiary/aromatic N) is 1. The van der Waals surface area contributed by atoms with E-state index in [0.29, 0.717) is 5.69 Å². The van der Waals surface area contributed by atoms with Gasteiger partial charge in [-0.15, -0.1) is 0 Å². The van der Waals surface area contributed by atoms with Crippen LogP contribution in [-0.2, 0) is 6.42 Å². The Kier molecular flexibility index (Phi) is 4.89. The number of nitriles is 1. The lowest BCUT2D eigenvalue weighted by molar-refractivity contribution is 0.509. The summed E-state index contributed by atoms with van der Waals surface area (Å²) >= 11 is 0. The molecule has 0 saturated carbocycles. The number of hydrogen-bond donors (Lipinski definition) is 1. The van der Waals surface area contributed by atoms with Gasteiger partial charge in [-0.05, 0) is 42.7 Å². The summed E-state index contributed by atoms with van der Waals surface area (Å²) in [6.45, 7) is 2.14. The zero-order valence-corrected chi connectivity index (χ0v) is 11.8. The Labute approximate surface area is 123 Å². The van der Waals surface area contributed by atoms with Crippen molar-refractivity contribution in [3.63, 3.8) is 0 Å². The van der Waals surface area contributed by atoms with Crippen LogP contribution in [0.25, 0.3) is 0 Å². The van der Waals surface area contributed by atoms with E-state index in [1.807, 2.05) is 24.3 Å². The molecule has 0 aliphatic rings. The van der Waals surface area contributed by atoms with Crippen LogP contribution in [0.15, 0.2) is 36.4 Å². The lowest BCUT2D eigenvalue weighted by Crippen LogP contribution is -1.98. The Morgan fingerprint density at radius 1 is 1.05 bits per heavy atom. The molecule has 0 spiro atoms. The van der Waals surface area contributed by atoms with Crippen LogP contribution in [0.1, 0.15) is 30.9 Å². The zero-order valence-electron chi connectivity index (χ0n) is 11.8. The summed E-state index contributed by atoms with van der Waals surface area (Å²) < 4.78 is 27.3. The van der Waals surface area contributed by atoms with Gasteiger partial charge in [0.05, 0.1) is 11.3 Å². The monoisotopic (exact) mass is 286 g/mol. The fraction of sp³-hybridized carbons (Fsp3) is 0.235. The van der Waals surface area contributed by atoms with Gasteiger partial charge in [-0.2, -0.15) is 5.26 Å². The lowest BCUT2D eigenvalue weighted by atomic mass is 10.1. The van der Waals surface area contributed by atoms with Gasteiger partial charge in [-0.25, -0.2) is 8.78 Å². The third-order valence-corrected chi connectivity index (χ3v) is 3.25. The van der Waals surface area contributed by atoms with Crippen molar-refractivity contribution in [2.75, 3.05) is 5.32 Å². The number of rotatable bonds is 5. The van der Waals surface area contributed by atoms with Crippen LogP contribution in [-0.4, -0.2) is 0 Å². The van der Waals surface area contributed by atoms with Gasteiger partial charge in [0.1, 0.15) is 6.07 Å². The highest BCUT2D eigenvalue weighted by atomic mass is 19.2. The highest BCUT2D eigenvalue weighted by molar-refractivity contribution is 5.61. The van der Waals surface area contributed by atoms with Crippen molar-refractivity contribution in [1.29, 1.82) is 5.26 Å². The molecule has 0 radical (unpaired) electrons. The second-order valence-corrected chi connectivity index (χ2v) is 4.83. The van der Waals surface area contributed by atoms with E-state index in [9.17, 15) is 8.78 Å². The van der Waals surface area contributed by atoms with E-state index in [1.54, 1.807) is 6.07 Å². The van der Waals surface area contributed by atoms with Crippen molar-refractivity contribution < 1.29 is 8.78 Å². The Balaban J connectivity index is 2.15. The van der Waals surface area contributed by atoms with E-state index in [0.717, 1.165) is 19.3 Å². The third kappa shape index (κ3) is 3.57. The summed E-state index contributed by atoms with van der Waals surface area (Å²) in [4.78, 5) is 0. The molecule has 21 heavy (non-hydrogen) atoms. The molecule has 108 valence electrons. The first-order valence-electron chi connectivity index (χ1n) is 6.89. The average Bonchev–Trinajstić information content (AvgIpc) is 2.51. The molecule has 2 aromatic rings. The van der Waals surface area contributed by atoms with Crippen molar-refractivity contribution in [1.82, 2.24) is 0 Å². The first-order valence-corrected chi connectivity index (χ1v) is 6.89. The van der Waals surface area contributed by atoms with Gasteiger partial charge < -0.3 is 5.32 Å². The molecular weight excluding hydrogens is 270 g/mol. The third-order valence-electron chi connectivity index (χ3n) is 3.25. The Morgan fingerprint density at radius 2 is 1.76 bits per heavy atom. The molecule has 2 nitrogen and oxygen atoms in total. The van der Waals surface area contributed by atoms with Crippen LogP contribution in [0.2, 0.25) is 0 Å². The van der Waals surface area contributed by atoms with E-state index in [2.05, 4.69) is 12.2 Å². The van der Waals surface area contributed by atoms with Crippen molar-refractivity contribution in [3.05, 3.63) is 59.2 Å². The first kappa shape index (κ1) is 15.0. The minimum atomic E-state index is -1.12. The Bertz CT molecular complexity index is 658. The van der Waals surface area contributed by atoms with E-state index in [-0.39, 0.29) is 11.3 Å². The van der Waals surface area contributed by atoms with E-state index < -0.39 is 11.6 Å². The normalized spacial score (nSPS) is 10.2. The van der Waals surface area contributed by atoms with E-state index in [1.165, 1.54) is 17.7 Å². The smallest absolute Gasteiger partial charge is 0.183 e. The highest BCUT2D eigenvalue weighted by Crippen LogP contribution is 2.24. The van der Waals surface area contributed by atoms with Gasteiger partial charge in [0, 0.05) is 5.69 Å². The molecule has 0 unspecified atom stereocenters. The summed E-state index contributed by atoms with van der Waals surface area (Å²) in [6.07, 6.45) is 3.27. The Morgan fingerprint density at radius 3 is 2.38 bits per heavy atom. The number of halogens is 2. The maximum Gasteiger partial charge on any atom is 0.183 e. The van der Waals surface area contributed by atoms with Crippen LogP contribution < -0.4 is 5.32 Å². The van der Waals surface area contributed by atoms with Crippen molar-refractivity contribution in [2.24, 2.45) is 0 Å². The summed E-state index contributed by atoms with van der Waals surface area (Å²) in [7, 11) is 0. The summed E-state index contributed by atoms with van der Waals surface area (Å²) in [6, 6.07) is 11.8. The standard InChI is InChI=1S/C17H16F2N2/c1-2-3-4-12-5-8-14(9-6-12)21-15-10-7-13(11-20)16(18)17(15)19/h5-10,21H,2-4H2,1H3. The molecular formula is C17H16F2N2. The second-order valence-electron chi connectivity index (χ2n) is 4.83. The second kappa shape index (κ2) is 6.85. The first-order chi connectivity index (χ1) is 10.2. The van der Waals surface area contributed by atoms with Gasteiger partial charge in [0.2, 0.25) is 0 Å². The molecule has 4 heteroatoms. The van der Waals surface area contributed by atoms with Crippen molar-refractivity contribution in [3.8, 4) is 6.07 Å². The highest BCUT2D eigenvalue weighted by Gasteiger charge is 2.13. The SMILES string of the molecule is CCCCc1ccc(Nc2ccc(C#N)c(F)c2F)cc1. The maximum absolute atomic E-state index is 13.8. The molecule has 0 saturated heterocycles. The Hall–Kier alpha value is -2.41. The topological polar surface area (TPSA) is 35.8 Å². The van der Waals surface area contributed by atoms with E-state index in [4.69, 9.17) is 5.26 Å². The summed E-state index contributed by atoms with van der Waals surface area (Å²) in [5.74, 6) is -2.16. The number of nitrogens with one attached hydrogen (secondary N) is 1. The van der Waals surface area contributed by atoms with Crippen LogP contribution in [0, 0.1) is 23.0 Å². The molecule has 0 amide bonds. The molecule has 0 aliphatic carbocycles. The number of aryl methyl sites for hydroxylation is 1. The quantitative estimate of drug-likeness (QED) is 0.846. The minimum absolute atomic E-state index is 0.0211. The van der Waals surface area contributed by atoms with Crippen molar-refractivity contribution in [2.45, 2.75) is 26.2 Å². The predicted molar refractivity (Wildman–Crippen MR) is 79.4 cm³/mol. The molecule has 0 aromatic heterocycles. The van der Waals surface area contributed by atoms with Gasteiger partial charge in [-0.3, -0.25) is 0 Å².